The maximum absolute atomic E-state index is 13.0. The molecule has 23 heavy (non-hydrogen) atoms. The topological polar surface area (TPSA) is 92.6 Å². The molecule has 7 nitrogen and oxygen atoms in total. The molecule has 3 rings (SSSR count). The molecule has 0 radical (unpaired) electrons. The lowest BCUT2D eigenvalue weighted by atomic mass is 9.99. The van der Waals surface area contributed by atoms with Crippen molar-refractivity contribution in [2.24, 2.45) is 0 Å². The van der Waals surface area contributed by atoms with Crippen molar-refractivity contribution in [3.05, 3.63) is 42.0 Å². The van der Waals surface area contributed by atoms with Crippen molar-refractivity contribution in [3.8, 4) is 11.5 Å². The summed E-state index contributed by atoms with van der Waals surface area (Å²) in [4.78, 5) is 7.99. The van der Waals surface area contributed by atoms with Gasteiger partial charge in [0.25, 0.3) is 10.0 Å². The molecule has 1 aromatic heterocycles. The largest absolute Gasteiger partial charge is 0.506 e. The molecule has 1 aliphatic heterocycles. The van der Waals surface area contributed by atoms with Gasteiger partial charge in [0.15, 0.2) is 4.90 Å². The molecule has 8 heteroatoms. The molecule has 1 aliphatic rings. The van der Waals surface area contributed by atoms with Crippen LogP contribution in [0.5, 0.6) is 11.5 Å². The van der Waals surface area contributed by atoms with Crippen molar-refractivity contribution in [3.63, 3.8) is 0 Å². The highest BCUT2D eigenvalue weighted by Gasteiger charge is 2.35. The number of aromatic nitrogens is 2. The van der Waals surface area contributed by atoms with Gasteiger partial charge in [-0.25, -0.2) is 18.4 Å². The molecule has 0 spiro atoms. The zero-order valence-electron chi connectivity index (χ0n) is 12.8. The van der Waals surface area contributed by atoms with Crippen LogP contribution in [-0.2, 0) is 16.6 Å². The van der Waals surface area contributed by atoms with Gasteiger partial charge >= 0.3 is 0 Å². The highest BCUT2D eigenvalue weighted by Crippen LogP contribution is 2.37. The molecule has 1 unspecified atom stereocenters. The molecule has 1 N–H and O–H groups in total. The van der Waals surface area contributed by atoms with Gasteiger partial charge in [-0.2, -0.15) is 4.31 Å². The third-order valence-electron chi connectivity index (χ3n) is 3.89. The van der Waals surface area contributed by atoms with Crippen LogP contribution < -0.4 is 4.74 Å². The number of phenols is 1. The summed E-state index contributed by atoms with van der Waals surface area (Å²) in [5.74, 6) is -0.270. The number of aromatic hydroxyl groups is 1. The Labute approximate surface area is 134 Å². The van der Waals surface area contributed by atoms with Crippen LogP contribution in [0, 0.1) is 0 Å². The van der Waals surface area contributed by atoms with Crippen molar-refractivity contribution in [1.82, 2.24) is 14.3 Å². The van der Waals surface area contributed by atoms with Crippen LogP contribution in [0.4, 0.5) is 0 Å². The number of benzene rings is 1. The van der Waals surface area contributed by atoms with E-state index < -0.39 is 10.0 Å². The highest BCUT2D eigenvalue weighted by molar-refractivity contribution is 7.89. The number of methoxy groups -OCH3 is 1. The summed E-state index contributed by atoms with van der Waals surface area (Å²) in [6.45, 7) is 2.36. The Morgan fingerprint density at radius 2 is 2.17 bits per heavy atom. The van der Waals surface area contributed by atoms with E-state index in [-0.39, 0.29) is 35.4 Å². The van der Waals surface area contributed by atoms with Crippen LogP contribution >= 0.6 is 0 Å². The number of phenolic OH excluding ortho intramolecular Hbond substituents is 1. The van der Waals surface area contributed by atoms with Crippen molar-refractivity contribution < 1.29 is 18.3 Å². The van der Waals surface area contributed by atoms with Gasteiger partial charge in [0, 0.05) is 30.8 Å². The first-order valence-corrected chi connectivity index (χ1v) is 8.54. The number of fused-ring (bicyclic) bond motifs is 1. The Bertz CT molecular complexity index is 838. The lowest BCUT2D eigenvalue weighted by Gasteiger charge is -2.31. The molecule has 0 bridgehead atoms. The first-order chi connectivity index (χ1) is 10.9. The summed E-state index contributed by atoms with van der Waals surface area (Å²) in [6, 6.07) is 4.38. The molecule has 122 valence electrons. The third-order valence-corrected chi connectivity index (χ3v) is 5.77. The fourth-order valence-corrected chi connectivity index (χ4v) is 4.54. The zero-order chi connectivity index (χ0) is 16.6. The standard InChI is InChI=1S/C15H17N3O4S/c1-10-7-18(8-11-6-16-9-17-14(10)11)23(20,21)15-12(19)4-3-5-13(15)22-2/h3-6,9-10,19H,7-8H2,1-2H3. The molecular weight excluding hydrogens is 318 g/mol. The fraction of sp³-hybridized carbons (Fsp3) is 0.333. The fourth-order valence-electron chi connectivity index (χ4n) is 2.82. The average molecular weight is 335 g/mol. The highest BCUT2D eigenvalue weighted by atomic mass is 32.2. The van der Waals surface area contributed by atoms with Gasteiger partial charge in [-0.1, -0.05) is 13.0 Å². The number of sulfonamides is 1. The molecule has 1 aromatic carbocycles. The van der Waals surface area contributed by atoms with E-state index in [1.807, 2.05) is 6.92 Å². The predicted octanol–water partition coefficient (Wildman–Crippen LogP) is 1.50. The Hall–Kier alpha value is -2.19. The molecule has 1 atom stereocenters. The van der Waals surface area contributed by atoms with Crippen LogP contribution in [0.1, 0.15) is 24.1 Å². The normalized spacial score (nSPS) is 18.4. The van der Waals surface area contributed by atoms with E-state index in [0.29, 0.717) is 0 Å². The summed E-state index contributed by atoms with van der Waals surface area (Å²) < 4.78 is 32.4. The van der Waals surface area contributed by atoms with Gasteiger partial charge in [-0.05, 0) is 12.1 Å². The second kappa shape index (κ2) is 5.78. The summed E-state index contributed by atoms with van der Waals surface area (Å²) in [6.07, 6.45) is 3.09. The van der Waals surface area contributed by atoms with Gasteiger partial charge in [-0.3, -0.25) is 0 Å². The molecule has 2 heterocycles. The minimum absolute atomic E-state index is 0.0617. The van der Waals surface area contributed by atoms with E-state index in [2.05, 4.69) is 9.97 Å². The maximum atomic E-state index is 13.0. The van der Waals surface area contributed by atoms with Crippen molar-refractivity contribution in [2.45, 2.75) is 24.3 Å². The zero-order valence-corrected chi connectivity index (χ0v) is 13.6. The SMILES string of the molecule is COc1cccc(O)c1S(=O)(=O)N1Cc2cncnc2C(C)C1. The second-order valence-corrected chi connectivity index (χ2v) is 7.32. The summed E-state index contributed by atoms with van der Waals surface area (Å²) in [7, 11) is -2.54. The van der Waals surface area contributed by atoms with Crippen LogP contribution in [0.2, 0.25) is 0 Å². The molecular formula is C15H17N3O4S. The Kier molecular flexibility index (Phi) is 3.95. The number of hydrogen-bond acceptors (Lipinski definition) is 6. The lowest BCUT2D eigenvalue weighted by molar-refractivity contribution is 0.346. The number of ether oxygens (including phenoxy) is 1. The molecule has 2 aromatic rings. The van der Waals surface area contributed by atoms with E-state index in [1.54, 1.807) is 6.20 Å². The second-order valence-electron chi connectivity index (χ2n) is 5.44. The number of nitrogens with zero attached hydrogens (tertiary/aromatic N) is 3. The van der Waals surface area contributed by atoms with E-state index in [9.17, 15) is 13.5 Å². The number of rotatable bonds is 3. The summed E-state index contributed by atoms with van der Waals surface area (Å²) >= 11 is 0. The molecule has 0 fully saturated rings. The van der Waals surface area contributed by atoms with E-state index in [0.717, 1.165) is 11.3 Å². The van der Waals surface area contributed by atoms with Crippen molar-refractivity contribution >= 4 is 10.0 Å². The number of hydrogen-bond donors (Lipinski definition) is 1. The van der Waals surface area contributed by atoms with Gasteiger partial charge in [0.05, 0.1) is 12.8 Å². The first kappa shape index (κ1) is 15.7. The van der Waals surface area contributed by atoms with Crippen LogP contribution in [-0.4, -0.2) is 41.5 Å². The molecule has 0 saturated heterocycles. The van der Waals surface area contributed by atoms with E-state index in [4.69, 9.17) is 4.74 Å². The molecule has 0 aliphatic carbocycles. The average Bonchev–Trinajstić information content (AvgIpc) is 2.54. The Balaban J connectivity index is 2.06. The van der Waals surface area contributed by atoms with Crippen LogP contribution in [0.25, 0.3) is 0 Å². The Morgan fingerprint density at radius 3 is 2.91 bits per heavy atom. The van der Waals surface area contributed by atoms with Crippen molar-refractivity contribution in [1.29, 1.82) is 0 Å². The lowest BCUT2D eigenvalue weighted by Crippen LogP contribution is -2.38. The summed E-state index contributed by atoms with van der Waals surface area (Å²) in [5, 5.41) is 10.0. The van der Waals surface area contributed by atoms with Gasteiger partial charge in [0.2, 0.25) is 0 Å². The quantitative estimate of drug-likeness (QED) is 0.914. The third kappa shape index (κ3) is 2.64. The van der Waals surface area contributed by atoms with Crippen molar-refractivity contribution in [2.75, 3.05) is 13.7 Å². The minimum atomic E-state index is -3.91. The van der Waals surface area contributed by atoms with E-state index >= 15 is 0 Å². The van der Waals surface area contributed by atoms with Gasteiger partial charge in [0.1, 0.15) is 17.8 Å². The van der Waals surface area contributed by atoms with Crippen LogP contribution in [0.3, 0.4) is 0 Å². The first-order valence-electron chi connectivity index (χ1n) is 7.10. The molecule has 0 amide bonds. The van der Waals surface area contributed by atoms with E-state index in [1.165, 1.54) is 35.9 Å². The molecule has 0 saturated carbocycles. The van der Waals surface area contributed by atoms with Gasteiger partial charge < -0.3 is 9.84 Å². The maximum Gasteiger partial charge on any atom is 0.250 e. The van der Waals surface area contributed by atoms with Crippen LogP contribution in [0.15, 0.2) is 35.6 Å². The minimum Gasteiger partial charge on any atom is -0.506 e. The summed E-state index contributed by atoms with van der Waals surface area (Å²) in [5.41, 5.74) is 1.62. The van der Waals surface area contributed by atoms with Gasteiger partial charge in [-0.15, -0.1) is 0 Å². The smallest absolute Gasteiger partial charge is 0.250 e. The monoisotopic (exact) mass is 335 g/mol. The Morgan fingerprint density at radius 1 is 1.39 bits per heavy atom. The predicted molar refractivity (Wildman–Crippen MR) is 82.7 cm³/mol.